The minimum absolute atomic E-state index is 1.01. The van der Waals surface area contributed by atoms with Crippen LogP contribution in [0.2, 0.25) is 0 Å². The van der Waals surface area contributed by atoms with E-state index >= 15 is 0 Å². The fourth-order valence-electron chi connectivity index (χ4n) is 3.20. The van der Waals surface area contributed by atoms with Crippen molar-refractivity contribution >= 4 is 0 Å². The third kappa shape index (κ3) is 1.52. The van der Waals surface area contributed by atoms with Crippen molar-refractivity contribution in [2.75, 3.05) is 20.1 Å². The Hall–Kier alpha value is -0.0400. The summed E-state index contributed by atoms with van der Waals surface area (Å²) in [5.41, 5.74) is 0. The van der Waals surface area contributed by atoms with Gasteiger partial charge >= 0.3 is 0 Å². The van der Waals surface area contributed by atoms with Crippen molar-refractivity contribution in [2.24, 2.45) is 17.8 Å². The summed E-state index contributed by atoms with van der Waals surface area (Å²) >= 11 is 0. The summed E-state index contributed by atoms with van der Waals surface area (Å²) in [4.78, 5) is 2.51. The molecule has 0 aromatic heterocycles. The molecule has 3 unspecified atom stereocenters. The van der Waals surface area contributed by atoms with Gasteiger partial charge in [0, 0.05) is 6.54 Å². The van der Waals surface area contributed by atoms with Crippen LogP contribution in [0.1, 0.15) is 32.6 Å². The highest BCUT2D eigenvalue weighted by Crippen LogP contribution is 2.39. The van der Waals surface area contributed by atoms with Gasteiger partial charge in [-0.05, 0) is 44.2 Å². The molecule has 1 aliphatic heterocycles. The molecular formula is C11H21N. The standard InChI is InChI=1S/C11H21N/c1-9-4-3-5-10-8-12(2)7-6-11(9)10/h9-11H,3-8H2,1-2H3. The molecule has 0 aromatic carbocycles. The van der Waals surface area contributed by atoms with Crippen LogP contribution in [0.4, 0.5) is 0 Å². The lowest BCUT2D eigenvalue weighted by Gasteiger charge is -2.43. The molecule has 1 heterocycles. The molecule has 1 saturated carbocycles. The van der Waals surface area contributed by atoms with E-state index in [9.17, 15) is 0 Å². The summed E-state index contributed by atoms with van der Waals surface area (Å²) in [6.45, 7) is 5.17. The molecular weight excluding hydrogens is 146 g/mol. The molecule has 3 atom stereocenters. The Morgan fingerprint density at radius 3 is 2.83 bits per heavy atom. The second-order valence-corrected chi connectivity index (χ2v) is 4.88. The van der Waals surface area contributed by atoms with Gasteiger partial charge in [-0.15, -0.1) is 0 Å². The van der Waals surface area contributed by atoms with Gasteiger partial charge in [-0.25, -0.2) is 0 Å². The Morgan fingerprint density at radius 2 is 2.00 bits per heavy atom. The van der Waals surface area contributed by atoms with Gasteiger partial charge in [0.15, 0.2) is 0 Å². The molecule has 1 nitrogen and oxygen atoms in total. The molecule has 2 fully saturated rings. The van der Waals surface area contributed by atoms with Gasteiger partial charge in [-0.2, -0.15) is 0 Å². The van der Waals surface area contributed by atoms with Crippen LogP contribution in [0, 0.1) is 17.8 Å². The fraction of sp³-hybridized carbons (Fsp3) is 1.00. The van der Waals surface area contributed by atoms with E-state index in [1.807, 2.05) is 0 Å². The number of hydrogen-bond acceptors (Lipinski definition) is 1. The molecule has 70 valence electrons. The van der Waals surface area contributed by atoms with Crippen molar-refractivity contribution in [1.82, 2.24) is 4.90 Å². The van der Waals surface area contributed by atoms with Crippen LogP contribution in [0.3, 0.4) is 0 Å². The number of piperidine rings is 1. The van der Waals surface area contributed by atoms with Crippen molar-refractivity contribution < 1.29 is 0 Å². The molecule has 0 amide bonds. The van der Waals surface area contributed by atoms with Crippen LogP contribution >= 0.6 is 0 Å². The van der Waals surface area contributed by atoms with E-state index in [4.69, 9.17) is 0 Å². The molecule has 1 aliphatic carbocycles. The van der Waals surface area contributed by atoms with Gasteiger partial charge in [0.05, 0.1) is 0 Å². The van der Waals surface area contributed by atoms with Crippen molar-refractivity contribution in [3.63, 3.8) is 0 Å². The van der Waals surface area contributed by atoms with Gasteiger partial charge < -0.3 is 4.90 Å². The van der Waals surface area contributed by atoms with Crippen LogP contribution in [0.15, 0.2) is 0 Å². The Bertz CT molecular complexity index is 155. The van der Waals surface area contributed by atoms with E-state index < -0.39 is 0 Å². The summed E-state index contributed by atoms with van der Waals surface area (Å²) < 4.78 is 0. The lowest BCUT2D eigenvalue weighted by molar-refractivity contribution is 0.0670. The van der Waals surface area contributed by atoms with Gasteiger partial charge in [0.25, 0.3) is 0 Å². The highest BCUT2D eigenvalue weighted by Gasteiger charge is 2.33. The average molecular weight is 167 g/mol. The minimum Gasteiger partial charge on any atom is -0.306 e. The molecule has 1 saturated heterocycles. The summed E-state index contributed by atoms with van der Waals surface area (Å²) in [5.74, 6) is 3.11. The van der Waals surface area contributed by atoms with Crippen LogP contribution in [-0.2, 0) is 0 Å². The highest BCUT2D eigenvalue weighted by atomic mass is 15.1. The van der Waals surface area contributed by atoms with E-state index in [-0.39, 0.29) is 0 Å². The summed E-state index contributed by atoms with van der Waals surface area (Å²) in [6.07, 6.45) is 5.93. The topological polar surface area (TPSA) is 3.24 Å². The molecule has 2 aliphatic rings. The van der Waals surface area contributed by atoms with E-state index in [2.05, 4.69) is 18.9 Å². The van der Waals surface area contributed by atoms with Gasteiger partial charge in [0.1, 0.15) is 0 Å². The Kier molecular flexibility index (Phi) is 2.40. The quantitative estimate of drug-likeness (QED) is 0.535. The lowest BCUT2D eigenvalue weighted by atomic mass is 9.69. The predicted molar refractivity (Wildman–Crippen MR) is 52.1 cm³/mol. The molecule has 2 rings (SSSR count). The smallest absolute Gasteiger partial charge is 0.000937 e. The molecule has 0 spiro atoms. The SMILES string of the molecule is CC1CCCC2CN(C)CCC12. The maximum absolute atomic E-state index is 2.51. The zero-order chi connectivity index (χ0) is 8.55. The molecule has 0 N–H and O–H groups in total. The van der Waals surface area contributed by atoms with Crippen molar-refractivity contribution in [3.8, 4) is 0 Å². The van der Waals surface area contributed by atoms with Gasteiger partial charge in [0.2, 0.25) is 0 Å². The van der Waals surface area contributed by atoms with Crippen LogP contribution in [0.5, 0.6) is 0 Å². The third-order valence-electron chi connectivity index (χ3n) is 3.96. The first-order chi connectivity index (χ1) is 5.77. The largest absolute Gasteiger partial charge is 0.306 e. The monoisotopic (exact) mass is 167 g/mol. The molecule has 12 heavy (non-hydrogen) atoms. The summed E-state index contributed by atoms with van der Waals surface area (Å²) in [6, 6.07) is 0. The van der Waals surface area contributed by atoms with E-state index in [1.54, 1.807) is 0 Å². The van der Waals surface area contributed by atoms with Gasteiger partial charge in [-0.1, -0.05) is 19.8 Å². The number of fused-ring (bicyclic) bond motifs is 1. The van der Waals surface area contributed by atoms with E-state index in [1.165, 1.54) is 38.8 Å². The summed E-state index contributed by atoms with van der Waals surface area (Å²) in [5, 5.41) is 0. The molecule has 1 heteroatoms. The number of rotatable bonds is 0. The average Bonchev–Trinajstić information content (AvgIpc) is 2.04. The maximum atomic E-state index is 2.51. The Morgan fingerprint density at radius 1 is 1.17 bits per heavy atom. The lowest BCUT2D eigenvalue weighted by Crippen LogP contribution is -2.42. The van der Waals surface area contributed by atoms with E-state index in [0.717, 1.165) is 17.8 Å². The van der Waals surface area contributed by atoms with Crippen molar-refractivity contribution in [3.05, 3.63) is 0 Å². The van der Waals surface area contributed by atoms with Crippen LogP contribution in [0.25, 0.3) is 0 Å². The van der Waals surface area contributed by atoms with E-state index in [0.29, 0.717) is 0 Å². The number of nitrogens with zero attached hydrogens (tertiary/aromatic N) is 1. The Labute approximate surface area is 76.1 Å². The first-order valence-corrected chi connectivity index (χ1v) is 5.46. The zero-order valence-corrected chi connectivity index (χ0v) is 8.42. The highest BCUT2D eigenvalue weighted by molar-refractivity contribution is 4.85. The van der Waals surface area contributed by atoms with Crippen molar-refractivity contribution in [1.29, 1.82) is 0 Å². The van der Waals surface area contributed by atoms with Crippen molar-refractivity contribution in [2.45, 2.75) is 32.6 Å². The third-order valence-corrected chi connectivity index (χ3v) is 3.96. The minimum atomic E-state index is 1.01. The first kappa shape index (κ1) is 8.55. The second kappa shape index (κ2) is 3.37. The Balaban J connectivity index is 1.99. The molecule has 0 bridgehead atoms. The zero-order valence-electron chi connectivity index (χ0n) is 8.42. The number of hydrogen-bond donors (Lipinski definition) is 0. The predicted octanol–water partition coefficient (Wildman–Crippen LogP) is 2.37. The number of likely N-dealkylation sites (tertiary alicyclic amines) is 1. The normalized spacial score (nSPS) is 44.0. The molecule has 0 radical (unpaired) electrons. The molecule has 0 aromatic rings. The summed E-state index contributed by atoms with van der Waals surface area (Å²) in [7, 11) is 2.27. The second-order valence-electron chi connectivity index (χ2n) is 4.88. The fourth-order valence-corrected chi connectivity index (χ4v) is 3.20. The van der Waals surface area contributed by atoms with Crippen LogP contribution < -0.4 is 0 Å². The van der Waals surface area contributed by atoms with Gasteiger partial charge in [-0.3, -0.25) is 0 Å². The van der Waals surface area contributed by atoms with Crippen LogP contribution in [-0.4, -0.2) is 25.0 Å². The first-order valence-electron chi connectivity index (χ1n) is 5.46. The maximum Gasteiger partial charge on any atom is 0.000937 e.